The molecule has 0 bridgehead atoms. The molecule has 0 saturated heterocycles. The van der Waals surface area contributed by atoms with Crippen LogP contribution in [0.5, 0.6) is 0 Å². The number of rotatable bonds is 3. The number of aromatic amines is 1. The van der Waals surface area contributed by atoms with E-state index in [0.717, 1.165) is 28.2 Å². The maximum Gasteiger partial charge on any atom is 0.137 e. The third-order valence-corrected chi connectivity index (χ3v) is 3.12. The highest BCUT2D eigenvalue weighted by Gasteiger charge is 2.04. The molecular formula is C16H15N3. The summed E-state index contributed by atoms with van der Waals surface area (Å²) in [5.41, 5.74) is 9.95. The van der Waals surface area contributed by atoms with Gasteiger partial charge in [0, 0.05) is 12.1 Å². The van der Waals surface area contributed by atoms with Crippen molar-refractivity contribution in [3.05, 3.63) is 66.4 Å². The fourth-order valence-electron chi connectivity index (χ4n) is 2.03. The predicted octanol–water partition coefficient (Wildman–Crippen LogP) is 3.20. The second kappa shape index (κ2) is 5.08. The lowest BCUT2D eigenvalue weighted by Gasteiger charge is -2.00. The van der Waals surface area contributed by atoms with E-state index in [0.29, 0.717) is 6.54 Å². The molecule has 0 spiro atoms. The van der Waals surface area contributed by atoms with E-state index in [1.54, 1.807) is 0 Å². The van der Waals surface area contributed by atoms with Gasteiger partial charge in [-0.2, -0.15) is 0 Å². The van der Waals surface area contributed by atoms with E-state index in [9.17, 15) is 0 Å². The van der Waals surface area contributed by atoms with Gasteiger partial charge in [-0.05, 0) is 11.1 Å². The van der Waals surface area contributed by atoms with Gasteiger partial charge < -0.3 is 10.7 Å². The molecular weight excluding hydrogens is 234 g/mol. The van der Waals surface area contributed by atoms with E-state index in [1.807, 2.05) is 48.7 Å². The Kier molecular flexibility index (Phi) is 3.12. The molecule has 3 rings (SSSR count). The van der Waals surface area contributed by atoms with Gasteiger partial charge in [0.15, 0.2) is 0 Å². The highest BCUT2D eigenvalue weighted by Crippen LogP contribution is 2.22. The zero-order chi connectivity index (χ0) is 13.1. The molecule has 0 aliphatic carbocycles. The molecule has 0 amide bonds. The van der Waals surface area contributed by atoms with Crippen molar-refractivity contribution in [1.29, 1.82) is 0 Å². The number of benzene rings is 2. The van der Waals surface area contributed by atoms with Crippen molar-refractivity contribution in [2.75, 3.05) is 0 Å². The van der Waals surface area contributed by atoms with Crippen LogP contribution in [0.15, 0.2) is 60.8 Å². The van der Waals surface area contributed by atoms with Crippen LogP contribution in [0.2, 0.25) is 0 Å². The standard InChI is InChI=1S/C16H15N3/c17-10-12-6-8-14(9-7-12)16-18-11-15(19-16)13-4-2-1-3-5-13/h1-9,11H,10,17H2,(H,18,19). The minimum absolute atomic E-state index is 0.563. The van der Waals surface area contributed by atoms with Gasteiger partial charge in [0.2, 0.25) is 0 Å². The monoisotopic (exact) mass is 249 g/mol. The van der Waals surface area contributed by atoms with Gasteiger partial charge in [-0.25, -0.2) is 4.98 Å². The number of nitrogens with zero attached hydrogens (tertiary/aromatic N) is 1. The van der Waals surface area contributed by atoms with Crippen molar-refractivity contribution < 1.29 is 0 Å². The highest BCUT2D eigenvalue weighted by atomic mass is 14.9. The summed E-state index contributed by atoms with van der Waals surface area (Å²) >= 11 is 0. The minimum atomic E-state index is 0.563. The molecule has 94 valence electrons. The van der Waals surface area contributed by atoms with Crippen molar-refractivity contribution in [2.24, 2.45) is 5.73 Å². The first-order valence-electron chi connectivity index (χ1n) is 6.26. The molecule has 0 radical (unpaired) electrons. The average molecular weight is 249 g/mol. The van der Waals surface area contributed by atoms with Crippen LogP contribution < -0.4 is 5.73 Å². The minimum Gasteiger partial charge on any atom is -0.338 e. The smallest absolute Gasteiger partial charge is 0.137 e. The Morgan fingerprint density at radius 3 is 2.32 bits per heavy atom. The van der Waals surface area contributed by atoms with E-state index in [1.165, 1.54) is 0 Å². The second-order valence-corrected chi connectivity index (χ2v) is 4.41. The molecule has 3 aromatic rings. The van der Waals surface area contributed by atoms with Crippen LogP contribution in [0.4, 0.5) is 0 Å². The Labute approximate surface area is 112 Å². The molecule has 1 aromatic heterocycles. The van der Waals surface area contributed by atoms with Crippen LogP contribution in [0.1, 0.15) is 5.56 Å². The van der Waals surface area contributed by atoms with Crippen molar-refractivity contribution in [1.82, 2.24) is 9.97 Å². The van der Waals surface area contributed by atoms with E-state index in [2.05, 4.69) is 22.1 Å². The Morgan fingerprint density at radius 1 is 0.895 bits per heavy atom. The summed E-state index contributed by atoms with van der Waals surface area (Å²) in [5.74, 6) is 0.877. The van der Waals surface area contributed by atoms with Crippen LogP contribution in [-0.4, -0.2) is 9.97 Å². The summed E-state index contributed by atoms with van der Waals surface area (Å²) < 4.78 is 0. The van der Waals surface area contributed by atoms with Crippen LogP contribution in [0.25, 0.3) is 22.6 Å². The predicted molar refractivity (Wildman–Crippen MR) is 77.4 cm³/mol. The molecule has 3 heteroatoms. The van der Waals surface area contributed by atoms with E-state index in [4.69, 9.17) is 5.73 Å². The Morgan fingerprint density at radius 2 is 1.63 bits per heavy atom. The van der Waals surface area contributed by atoms with Gasteiger partial charge in [0.1, 0.15) is 5.82 Å². The fraction of sp³-hybridized carbons (Fsp3) is 0.0625. The topological polar surface area (TPSA) is 54.7 Å². The molecule has 19 heavy (non-hydrogen) atoms. The third-order valence-electron chi connectivity index (χ3n) is 3.12. The van der Waals surface area contributed by atoms with Gasteiger partial charge >= 0.3 is 0 Å². The van der Waals surface area contributed by atoms with E-state index >= 15 is 0 Å². The number of hydrogen-bond donors (Lipinski definition) is 2. The number of hydrogen-bond acceptors (Lipinski definition) is 2. The Balaban J connectivity index is 1.92. The molecule has 0 aliphatic heterocycles. The maximum atomic E-state index is 5.60. The molecule has 0 saturated carbocycles. The van der Waals surface area contributed by atoms with Crippen molar-refractivity contribution in [3.63, 3.8) is 0 Å². The lowest BCUT2D eigenvalue weighted by Crippen LogP contribution is -1.95. The second-order valence-electron chi connectivity index (χ2n) is 4.41. The van der Waals surface area contributed by atoms with Crippen LogP contribution in [-0.2, 0) is 6.54 Å². The number of imidazole rings is 1. The van der Waals surface area contributed by atoms with Crippen LogP contribution in [0.3, 0.4) is 0 Å². The molecule has 1 heterocycles. The summed E-state index contributed by atoms with van der Waals surface area (Å²) in [6.07, 6.45) is 1.86. The number of H-pyrrole nitrogens is 1. The molecule has 0 atom stereocenters. The van der Waals surface area contributed by atoms with Gasteiger partial charge in [-0.15, -0.1) is 0 Å². The Hall–Kier alpha value is -2.39. The lowest BCUT2D eigenvalue weighted by atomic mass is 10.1. The van der Waals surface area contributed by atoms with Gasteiger partial charge in [-0.3, -0.25) is 0 Å². The van der Waals surface area contributed by atoms with Gasteiger partial charge in [-0.1, -0.05) is 54.6 Å². The third kappa shape index (κ3) is 2.41. The molecule has 2 aromatic carbocycles. The zero-order valence-electron chi connectivity index (χ0n) is 10.5. The molecule has 0 fully saturated rings. The molecule has 0 aliphatic rings. The zero-order valence-corrected chi connectivity index (χ0v) is 10.5. The summed E-state index contributed by atoms with van der Waals surface area (Å²) in [4.78, 5) is 7.77. The number of aromatic nitrogens is 2. The van der Waals surface area contributed by atoms with Crippen molar-refractivity contribution in [2.45, 2.75) is 6.54 Å². The van der Waals surface area contributed by atoms with E-state index in [-0.39, 0.29) is 0 Å². The number of nitrogens with one attached hydrogen (secondary N) is 1. The fourth-order valence-corrected chi connectivity index (χ4v) is 2.03. The SMILES string of the molecule is NCc1ccc(-c2ncc(-c3ccccc3)[nH]2)cc1. The first kappa shape index (κ1) is 11.7. The van der Waals surface area contributed by atoms with E-state index < -0.39 is 0 Å². The average Bonchev–Trinajstić information content (AvgIpc) is 2.98. The molecule has 3 N–H and O–H groups in total. The summed E-state index contributed by atoms with van der Waals surface area (Å²) in [6, 6.07) is 18.3. The van der Waals surface area contributed by atoms with Gasteiger partial charge in [0.05, 0.1) is 11.9 Å². The lowest BCUT2D eigenvalue weighted by molar-refractivity contribution is 1.07. The van der Waals surface area contributed by atoms with Crippen molar-refractivity contribution >= 4 is 0 Å². The molecule has 3 nitrogen and oxygen atoms in total. The Bertz CT molecular complexity index is 654. The largest absolute Gasteiger partial charge is 0.338 e. The quantitative estimate of drug-likeness (QED) is 0.749. The van der Waals surface area contributed by atoms with Crippen LogP contribution >= 0.6 is 0 Å². The van der Waals surface area contributed by atoms with Crippen LogP contribution in [0, 0.1) is 0 Å². The summed E-state index contributed by atoms with van der Waals surface area (Å²) in [6.45, 7) is 0.563. The van der Waals surface area contributed by atoms with Crippen molar-refractivity contribution in [3.8, 4) is 22.6 Å². The highest BCUT2D eigenvalue weighted by molar-refractivity contribution is 5.64. The first-order chi connectivity index (χ1) is 9.36. The molecule has 0 unspecified atom stereocenters. The maximum absolute atomic E-state index is 5.60. The van der Waals surface area contributed by atoms with Gasteiger partial charge in [0.25, 0.3) is 0 Å². The summed E-state index contributed by atoms with van der Waals surface area (Å²) in [7, 11) is 0. The number of nitrogens with two attached hydrogens (primary N) is 1. The first-order valence-corrected chi connectivity index (χ1v) is 6.26. The summed E-state index contributed by atoms with van der Waals surface area (Å²) in [5, 5.41) is 0. The normalized spacial score (nSPS) is 10.6.